The third kappa shape index (κ3) is 2.13. The highest BCUT2D eigenvalue weighted by Crippen LogP contribution is 2.26. The maximum Gasteiger partial charge on any atom is 0.130 e. The fourth-order valence-electron chi connectivity index (χ4n) is 1.91. The van der Waals surface area contributed by atoms with Gasteiger partial charge < -0.3 is 5.73 Å². The molecule has 2 aromatic rings. The average molecular weight is 227 g/mol. The molecule has 1 aromatic carbocycles. The zero-order valence-corrected chi connectivity index (χ0v) is 10.5. The van der Waals surface area contributed by atoms with Crippen LogP contribution in [0.1, 0.15) is 23.6 Å². The predicted molar refractivity (Wildman–Crippen MR) is 70.7 cm³/mol. The fraction of sp³-hybridized carbons (Fsp3) is 0.286. The highest BCUT2D eigenvalue weighted by atomic mass is 14.9. The van der Waals surface area contributed by atoms with Crippen molar-refractivity contribution in [2.45, 2.75) is 27.2 Å². The van der Waals surface area contributed by atoms with Crippen molar-refractivity contribution in [2.24, 2.45) is 0 Å². The minimum Gasteiger partial charge on any atom is -0.383 e. The van der Waals surface area contributed by atoms with Gasteiger partial charge in [0.05, 0.1) is 5.69 Å². The quantitative estimate of drug-likeness (QED) is 0.858. The first kappa shape index (κ1) is 11.6. The molecule has 0 amide bonds. The number of benzene rings is 1. The molecule has 3 heteroatoms. The fourth-order valence-corrected chi connectivity index (χ4v) is 1.91. The van der Waals surface area contributed by atoms with Crippen molar-refractivity contribution in [1.82, 2.24) is 9.97 Å². The van der Waals surface area contributed by atoms with E-state index in [2.05, 4.69) is 48.9 Å². The molecule has 0 bridgehead atoms. The van der Waals surface area contributed by atoms with Gasteiger partial charge in [0.1, 0.15) is 12.1 Å². The van der Waals surface area contributed by atoms with E-state index in [9.17, 15) is 0 Å². The number of rotatable bonds is 2. The molecule has 17 heavy (non-hydrogen) atoms. The second-order valence-corrected chi connectivity index (χ2v) is 4.24. The summed E-state index contributed by atoms with van der Waals surface area (Å²) in [6.45, 7) is 6.28. The van der Waals surface area contributed by atoms with Gasteiger partial charge in [-0.05, 0) is 37.5 Å². The number of nitrogen functional groups attached to an aromatic ring is 1. The average Bonchev–Trinajstić information content (AvgIpc) is 2.32. The van der Waals surface area contributed by atoms with Gasteiger partial charge in [0.25, 0.3) is 0 Å². The standard InChI is InChI=1S/C14H17N3/c1-4-12-13(16-8-17-14(12)15)11-6-5-9(2)10(3)7-11/h5-8H,4H2,1-3H3,(H2,15,16,17). The second kappa shape index (κ2) is 4.53. The third-order valence-electron chi connectivity index (χ3n) is 3.11. The van der Waals surface area contributed by atoms with Gasteiger partial charge >= 0.3 is 0 Å². The summed E-state index contributed by atoms with van der Waals surface area (Å²) < 4.78 is 0. The molecule has 0 spiro atoms. The molecule has 0 aliphatic heterocycles. The smallest absolute Gasteiger partial charge is 0.130 e. The summed E-state index contributed by atoms with van der Waals surface area (Å²) in [6.07, 6.45) is 2.37. The molecule has 0 saturated carbocycles. The Labute approximate surface area is 102 Å². The van der Waals surface area contributed by atoms with E-state index in [0.717, 1.165) is 23.2 Å². The highest BCUT2D eigenvalue weighted by molar-refractivity contribution is 5.68. The lowest BCUT2D eigenvalue weighted by Gasteiger charge is -2.10. The lowest BCUT2D eigenvalue weighted by molar-refractivity contribution is 1.06. The lowest BCUT2D eigenvalue weighted by Crippen LogP contribution is -2.01. The molecule has 0 unspecified atom stereocenters. The summed E-state index contributed by atoms with van der Waals surface area (Å²) >= 11 is 0. The van der Waals surface area contributed by atoms with Crippen LogP contribution < -0.4 is 5.73 Å². The Balaban J connectivity index is 2.60. The number of nitrogens with zero attached hydrogens (tertiary/aromatic N) is 2. The molecule has 0 radical (unpaired) electrons. The van der Waals surface area contributed by atoms with Crippen LogP contribution in [0.2, 0.25) is 0 Å². The van der Waals surface area contributed by atoms with Crippen molar-refractivity contribution in [1.29, 1.82) is 0 Å². The van der Waals surface area contributed by atoms with Gasteiger partial charge in [-0.15, -0.1) is 0 Å². The topological polar surface area (TPSA) is 51.8 Å². The van der Waals surface area contributed by atoms with Crippen molar-refractivity contribution >= 4 is 5.82 Å². The van der Waals surface area contributed by atoms with Crippen molar-refractivity contribution in [3.8, 4) is 11.3 Å². The van der Waals surface area contributed by atoms with Gasteiger partial charge in [-0.25, -0.2) is 9.97 Å². The van der Waals surface area contributed by atoms with Gasteiger partial charge in [-0.1, -0.05) is 19.1 Å². The van der Waals surface area contributed by atoms with E-state index in [1.54, 1.807) is 0 Å². The number of nitrogens with two attached hydrogens (primary N) is 1. The number of aromatic nitrogens is 2. The summed E-state index contributed by atoms with van der Waals surface area (Å²) in [5, 5.41) is 0. The van der Waals surface area contributed by atoms with Gasteiger partial charge in [-0.3, -0.25) is 0 Å². The van der Waals surface area contributed by atoms with Crippen LogP contribution in [0.15, 0.2) is 24.5 Å². The number of aryl methyl sites for hydroxylation is 2. The predicted octanol–water partition coefficient (Wildman–Crippen LogP) is 2.91. The molecular weight excluding hydrogens is 210 g/mol. The van der Waals surface area contributed by atoms with Gasteiger partial charge in [-0.2, -0.15) is 0 Å². The molecule has 2 N–H and O–H groups in total. The van der Waals surface area contributed by atoms with Crippen LogP contribution in [0.25, 0.3) is 11.3 Å². The van der Waals surface area contributed by atoms with Crippen molar-refractivity contribution in [3.05, 3.63) is 41.2 Å². The molecule has 0 fully saturated rings. The molecule has 1 aromatic heterocycles. The molecule has 3 nitrogen and oxygen atoms in total. The molecule has 0 aliphatic carbocycles. The molecule has 2 rings (SSSR count). The first-order chi connectivity index (χ1) is 8.13. The molecule has 0 atom stereocenters. The van der Waals surface area contributed by atoms with E-state index < -0.39 is 0 Å². The van der Waals surface area contributed by atoms with Gasteiger partial charge in [0.2, 0.25) is 0 Å². The summed E-state index contributed by atoms with van der Waals surface area (Å²) in [5.74, 6) is 0.579. The van der Waals surface area contributed by atoms with E-state index in [4.69, 9.17) is 5.73 Å². The second-order valence-electron chi connectivity index (χ2n) is 4.24. The Kier molecular flexibility index (Phi) is 3.09. The van der Waals surface area contributed by atoms with Crippen LogP contribution in [0.3, 0.4) is 0 Å². The van der Waals surface area contributed by atoms with E-state index >= 15 is 0 Å². The SMILES string of the molecule is CCc1c(N)ncnc1-c1ccc(C)c(C)c1. The summed E-state index contributed by atoms with van der Waals surface area (Å²) in [6, 6.07) is 6.35. The van der Waals surface area contributed by atoms with Crippen molar-refractivity contribution < 1.29 is 0 Å². The molecular formula is C14H17N3. The molecule has 88 valence electrons. The van der Waals surface area contributed by atoms with Crippen LogP contribution >= 0.6 is 0 Å². The molecule has 1 heterocycles. The Morgan fingerprint density at radius 3 is 2.53 bits per heavy atom. The summed E-state index contributed by atoms with van der Waals surface area (Å²) in [7, 11) is 0. The molecule has 0 saturated heterocycles. The van der Waals surface area contributed by atoms with E-state index in [1.807, 2.05) is 0 Å². The minimum atomic E-state index is 0.579. The van der Waals surface area contributed by atoms with E-state index in [0.29, 0.717) is 5.82 Å². The minimum absolute atomic E-state index is 0.579. The first-order valence-corrected chi connectivity index (χ1v) is 5.80. The van der Waals surface area contributed by atoms with E-state index in [1.165, 1.54) is 17.5 Å². The Hall–Kier alpha value is -1.90. The highest BCUT2D eigenvalue weighted by Gasteiger charge is 2.09. The first-order valence-electron chi connectivity index (χ1n) is 5.80. The molecule has 0 aliphatic rings. The maximum absolute atomic E-state index is 5.89. The Bertz CT molecular complexity index is 547. The van der Waals surface area contributed by atoms with Crippen molar-refractivity contribution in [3.63, 3.8) is 0 Å². The van der Waals surface area contributed by atoms with Crippen molar-refractivity contribution in [2.75, 3.05) is 5.73 Å². The third-order valence-corrected chi connectivity index (χ3v) is 3.11. The summed E-state index contributed by atoms with van der Waals surface area (Å²) in [5.41, 5.74) is 11.5. The van der Waals surface area contributed by atoms with E-state index in [-0.39, 0.29) is 0 Å². The van der Waals surface area contributed by atoms with Crippen LogP contribution in [-0.4, -0.2) is 9.97 Å². The number of anilines is 1. The monoisotopic (exact) mass is 227 g/mol. The maximum atomic E-state index is 5.89. The van der Waals surface area contributed by atoms with Gasteiger partial charge in [0.15, 0.2) is 0 Å². The largest absolute Gasteiger partial charge is 0.383 e. The summed E-state index contributed by atoms with van der Waals surface area (Å²) in [4.78, 5) is 8.40. The van der Waals surface area contributed by atoms with Crippen LogP contribution in [-0.2, 0) is 6.42 Å². The Morgan fingerprint density at radius 2 is 1.88 bits per heavy atom. The van der Waals surface area contributed by atoms with Crippen LogP contribution in [0, 0.1) is 13.8 Å². The zero-order valence-electron chi connectivity index (χ0n) is 10.5. The Morgan fingerprint density at radius 1 is 1.12 bits per heavy atom. The lowest BCUT2D eigenvalue weighted by atomic mass is 10.0. The normalized spacial score (nSPS) is 10.5. The van der Waals surface area contributed by atoms with Gasteiger partial charge in [0, 0.05) is 11.1 Å². The van der Waals surface area contributed by atoms with Crippen LogP contribution in [0.4, 0.5) is 5.82 Å². The zero-order chi connectivity index (χ0) is 12.4. The van der Waals surface area contributed by atoms with Crippen LogP contribution in [0.5, 0.6) is 0 Å². The number of hydrogen-bond acceptors (Lipinski definition) is 3. The number of hydrogen-bond donors (Lipinski definition) is 1.